The summed E-state index contributed by atoms with van der Waals surface area (Å²) in [5.74, 6) is -0.941. The average molecular weight is 196 g/mol. The summed E-state index contributed by atoms with van der Waals surface area (Å²) in [4.78, 5) is 4.14. The first-order chi connectivity index (χ1) is 6.65. The van der Waals surface area contributed by atoms with Crippen LogP contribution in [-0.4, -0.2) is 9.55 Å². The Bertz CT molecular complexity index is 488. The highest BCUT2D eigenvalue weighted by Gasteiger charge is 2.13. The van der Waals surface area contributed by atoms with Gasteiger partial charge in [-0.1, -0.05) is 0 Å². The topological polar surface area (TPSA) is 17.8 Å². The Balaban J connectivity index is 2.90. The Morgan fingerprint density at radius 1 is 1.36 bits per heavy atom. The standard InChI is InChI=1S/C10H10F2N2/c1-3-14-6(2)13-8-5-4-7(11)9(12)10(8)14/h4-5H,3H2,1-2H3. The smallest absolute Gasteiger partial charge is 0.184 e. The molecule has 1 heterocycles. The van der Waals surface area contributed by atoms with Crippen LogP contribution in [0.3, 0.4) is 0 Å². The number of fused-ring (bicyclic) bond motifs is 1. The first-order valence-electron chi connectivity index (χ1n) is 4.46. The van der Waals surface area contributed by atoms with Crippen molar-refractivity contribution in [3.63, 3.8) is 0 Å². The molecule has 1 aromatic heterocycles. The van der Waals surface area contributed by atoms with Crippen molar-refractivity contribution in [3.05, 3.63) is 29.6 Å². The van der Waals surface area contributed by atoms with Crippen LogP contribution in [0, 0.1) is 18.6 Å². The van der Waals surface area contributed by atoms with Gasteiger partial charge in [0.1, 0.15) is 11.3 Å². The molecule has 0 saturated heterocycles. The molecule has 0 radical (unpaired) electrons. The number of benzene rings is 1. The van der Waals surface area contributed by atoms with Crippen molar-refractivity contribution < 1.29 is 8.78 Å². The van der Waals surface area contributed by atoms with Gasteiger partial charge in [-0.05, 0) is 26.0 Å². The van der Waals surface area contributed by atoms with Crippen LogP contribution >= 0.6 is 0 Å². The second-order valence-electron chi connectivity index (χ2n) is 3.13. The highest BCUT2D eigenvalue weighted by molar-refractivity contribution is 5.76. The van der Waals surface area contributed by atoms with Gasteiger partial charge in [-0.25, -0.2) is 13.8 Å². The molecule has 2 rings (SSSR count). The van der Waals surface area contributed by atoms with E-state index in [2.05, 4.69) is 4.98 Å². The summed E-state index contributed by atoms with van der Waals surface area (Å²) in [5.41, 5.74) is 0.758. The van der Waals surface area contributed by atoms with Crippen LogP contribution in [0.5, 0.6) is 0 Å². The first kappa shape index (κ1) is 9.12. The fraction of sp³-hybridized carbons (Fsp3) is 0.300. The molecular formula is C10H10F2N2. The average Bonchev–Trinajstić information content (AvgIpc) is 2.48. The molecule has 0 saturated carbocycles. The van der Waals surface area contributed by atoms with E-state index in [1.807, 2.05) is 6.92 Å². The molecule has 14 heavy (non-hydrogen) atoms. The fourth-order valence-corrected chi connectivity index (χ4v) is 1.66. The molecule has 2 nitrogen and oxygen atoms in total. The maximum absolute atomic E-state index is 13.4. The van der Waals surface area contributed by atoms with Crippen LogP contribution in [0.2, 0.25) is 0 Å². The number of imidazole rings is 1. The van der Waals surface area contributed by atoms with Gasteiger partial charge in [-0.2, -0.15) is 0 Å². The summed E-state index contributed by atoms with van der Waals surface area (Å²) in [6, 6.07) is 2.59. The monoisotopic (exact) mass is 196 g/mol. The Hall–Kier alpha value is -1.45. The van der Waals surface area contributed by atoms with Gasteiger partial charge in [0, 0.05) is 6.54 Å². The number of rotatable bonds is 1. The molecule has 0 aliphatic carbocycles. The highest BCUT2D eigenvalue weighted by atomic mass is 19.2. The molecule has 0 aliphatic rings. The predicted molar refractivity (Wildman–Crippen MR) is 50.1 cm³/mol. The third kappa shape index (κ3) is 1.10. The van der Waals surface area contributed by atoms with Gasteiger partial charge in [-0.3, -0.25) is 0 Å². The Morgan fingerprint density at radius 3 is 2.71 bits per heavy atom. The fourth-order valence-electron chi connectivity index (χ4n) is 1.66. The Morgan fingerprint density at radius 2 is 2.07 bits per heavy atom. The quantitative estimate of drug-likeness (QED) is 0.685. The lowest BCUT2D eigenvalue weighted by molar-refractivity contribution is 0.511. The van der Waals surface area contributed by atoms with Crippen molar-refractivity contribution in [1.29, 1.82) is 0 Å². The second kappa shape index (κ2) is 3.04. The van der Waals surface area contributed by atoms with Gasteiger partial charge in [0.05, 0.1) is 5.52 Å². The van der Waals surface area contributed by atoms with E-state index in [4.69, 9.17) is 0 Å². The summed E-state index contributed by atoms with van der Waals surface area (Å²) in [6.07, 6.45) is 0. The van der Waals surface area contributed by atoms with E-state index >= 15 is 0 Å². The molecule has 0 N–H and O–H groups in total. The van der Waals surface area contributed by atoms with E-state index in [0.717, 1.165) is 6.07 Å². The van der Waals surface area contributed by atoms with E-state index in [1.165, 1.54) is 6.07 Å². The molecule has 74 valence electrons. The molecule has 1 aromatic carbocycles. The molecule has 2 aromatic rings. The molecule has 0 atom stereocenters. The lowest BCUT2D eigenvalue weighted by atomic mass is 10.3. The van der Waals surface area contributed by atoms with Crippen molar-refractivity contribution in [2.75, 3.05) is 0 Å². The molecule has 0 amide bonds. The number of halogens is 2. The summed E-state index contributed by atoms with van der Waals surface area (Å²) < 4.78 is 28.0. The zero-order valence-electron chi connectivity index (χ0n) is 8.01. The van der Waals surface area contributed by atoms with Crippen molar-refractivity contribution >= 4 is 11.0 Å². The summed E-state index contributed by atoms with van der Waals surface area (Å²) in [6.45, 7) is 4.24. The van der Waals surface area contributed by atoms with Gasteiger partial charge in [0.25, 0.3) is 0 Å². The van der Waals surface area contributed by atoms with Crippen molar-refractivity contribution in [3.8, 4) is 0 Å². The molecular weight excluding hydrogens is 186 g/mol. The normalized spacial score (nSPS) is 11.1. The zero-order chi connectivity index (χ0) is 10.3. The van der Waals surface area contributed by atoms with Crippen LogP contribution < -0.4 is 0 Å². The van der Waals surface area contributed by atoms with E-state index < -0.39 is 11.6 Å². The van der Waals surface area contributed by atoms with E-state index in [9.17, 15) is 8.78 Å². The minimum Gasteiger partial charge on any atom is -0.326 e. The van der Waals surface area contributed by atoms with Crippen LogP contribution in [0.4, 0.5) is 8.78 Å². The van der Waals surface area contributed by atoms with Crippen molar-refractivity contribution in [1.82, 2.24) is 9.55 Å². The Kier molecular flexibility index (Phi) is 1.98. The third-order valence-electron chi connectivity index (χ3n) is 2.31. The molecule has 0 unspecified atom stereocenters. The SMILES string of the molecule is CCn1c(C)nc2ccc(F)c(F)c21. The number of hydrogen-bond acceptors (Lipinski definition) is 1. The largest absolute Gasteiger partial charge is 0.326 e. The van der Waals surface area contributed by atoms with Crippen molar-refractivity contribution in [2.24, 2.45) is 0 Å². The lowest BCUT2D eigenvalue weighted by Crippen LogP contribution is -1.99. The van der Waals surface area contributed by atoms with Gasteiger partial charge < -0.3 is 4.57 Å². The van der Waals surface area contributed by atoms with Gasteiger partial charge >= 0.3 is 0 Å². The molecule has 0 spiro atoms. The van der Waals surface area contributed by atoms with Crippen molar-refractivity contribution in [2.45, 2.75) is 20.4 Å². The maximum atomic E-state index is 13.4. The zero-order valence-corrected chi connectivity index (χ0v) is 8.01. The molecule has 4 heteroatoms. The van der Waals surface area contributed by atoms with Crippen LogP contribution in [0.15, 0.2) is 12.1 Å². The van der Waals surface area contributed by atoms with Gasteiger partial charge in [0.15, 0.2) is 11.6 Å². The third-order valence-corrected chi connectivity index (χ3v) is 2.31. The van der Waals surface area contributed by atoms with Crippen LogP contribution in [0.1, 0.15) is 12.7 Å². The van der Waals surface area contributed by atoms with Crippen LogP contribution in [-0.2, 0) is 6.54 Å². The molecule has 0 aliphatic heterocycles. The molecule has 0 fully saturated rings. The summed E-state index contributed by atoms with van der Waals surface area (Å²) in [7, 11) is 0. The highest BCUT2D eigenvalue weighted by Crippen LogP contribution is 2.21. The first-order valence-corrected chi connectivity index (χ1v) is 4.46. The number of nitrogens with zero attached hydrogens (tertiary/aromatic N) is 2. The number of hydrogen-bond donors (Lipinski definition) is 0. The number of aromatic nitrogens is 2. The summed E-state index contributed by atoms with van der Waals surface area (Å²) in [5, 5.41) is 0. The maximum Gasteiger partial charge on any atom is 0.184 e. The second-order valence-corrected chi connectivity index (χ2v) is 3.13. The van der Waals surface area contributed by atoms with Crippen LogP contribution in [0.25, 0.3) is 11.0 Å². The van der Waals surface area contributed by atoms with E-state index in [0.29, 0.717) is 17.9 Å². The van der Waals surface area contributed by atoms with Gasteiger partial charge in [-0.15, -0.1) is 0 Å². The minimum absolute atomic E-state index is 0.255. The Labute approximate surface area is 80.2 Å². The van der Waals surface area contributed by atoms with E-state index in [1.54, 1.807) is 11.5 Å². The van der Waals surface area contributed by atoms with Gasteiger partial charge in [0.2, 0.25) is 0 Å². The minimum atomic E-state index is -0.827. The summed E-state index contributed by atoms with van der Waals surface area (Å²) >= 11 is 0. The predicted octanol–water partition coefficient (Wildman–Crippen LogP) is 2.64. The van der Waals surface area contributed by atoms with E-state index in [-0.39, 0.29) is 5.52 Å². The molecule has 0 bridgehead atoms. The number of aryl methyl sites for hydroxylation is 2. The lowest BCUT2D eigenvalue weighted by Gasteiger charge is -2.02.